The van der Waals surface area contributed by atoms with Crippen LogP contribution in [0.4, 0.5) is 4.39 Å². The fourth-order valence-electron chi connectivity index (χ4n) is 1.62. The highest BCUT2D eigenvalue weighted by Gasteiger charge is 2.33. The molecule has 86 valence electrons. The van der Waals surface area contributed by atoms with E-state index in [0.717, 1.165) is 12.8 Å². The molecule has 2 rings (SSSR count). The first-order chi connectivity index (χ1) is 7.58. The van der Waals surface area contributed by atoms with Crippen molar-refractivity contribution in [2.75, 3.05) is 0 Å². The molecule has 1 fully saturated rings. The SMILES string of the molecule is O=C(C(Br)Cc1cc(Cl)ccc1F)C1CC1. The Balaban J connectivity index is 2.07. The van der Waals surface area contributed by atoms with E-state index in [1.54, 1.807) is 6.07 Å². The fraction of sp³-hybridized carbons (Fsp3) is 0.417. The van der Waals surface area contributed by atoms with Gasteiger partial charge in [-0.05, 0) is 43.0 Å². The molecule has 1 aliphatic carbocycles. The van der Waals surface area contributed by atoms with Crippen LogP contribution in [-0.2, 0) is 11.2 Å². The second kappa shape index (κ2) is 4.84. The van der Waals surface area contributed by atoms with Crippen molar-refractivity contribution in [3.8, 4) is 0 Å². The molecule has 1 unspecified atom stereocenters. The molecule has 0 bridgehead atoms. The Kier molecular flexibility index (Phi) is 3.65. The lowest BCUT2D eigenvalue weighted by Gasteiger charge is -2.09. The smallest absolute Gasteiger partial charge is 0.149 e. The van der Waals surface area contributed by atoms with Crippen LogP contribution in [0.15, 0.2) is 18.2 Å². The van der Waals surface area contributed by atoms with Crippen molar-refractivity contribution in [3.63, 3.8) is 0 Å². The van der Waals surface area contributed by atoms with Crippen LogP contribution in [0, 0.1) is 11.7 Å². The van der Waals surface area contributed by atoms with Crippen molar-refractivity contribution in [1.29, 1.82) is 0 Å². The van der Waals surface area contributed by atoms with Gasteiger partial charge in [0.25, 0.3) is 0 Å². The molecule has 1 nitrogen and oxygen atoms in total. The molecular formula is C12H11BrClFO. The molecule has 0 aromatic heterocycles. The number of benzene rings is 1. The van der Waals surface area contributed by atoms with Gasteiger partial charge in [-0.3, -0.25) is 4.79 Å². The van der Waals surface area contributed by atoms with Gasteiger partial charge in [-0.2, -0.15) is 0 Å². The minimum absolute atomic E-state index is 0.180. The van der Waals surface area contributed by atoms with Crippen LogP contribution in [0.5, 0.6) is 0 Å². The van der Waals surface area contributed by atoms with E-state index < -0.39 is 0 Å². The fourth-order valence-corrected chi connectivity index (χ4v) is 2.53. The largest absolute Gasteiger partial charge is 0.298 e. The van der Waals surface area contributed by atoms with Gasteiger partial charge in [-0.1, -0.05) is 27.5 Å². The summed E-state index contributed by atoms with van der Waals surface area (Å²) in [5.74, 6) is 0.0587. The zero-order valence-corrected chi connectivity index (χ0v) is 10.9. The number of Topliss-reactive ketones (excluding diaryl/α,β-unsaturated/α-hetero) is 1. The Morgan fingerprint density at radius 1 is 1.56 bits per heavy atom. The summed E-state index contributed by atoms with van der Waals surface area (Å²) in [6.45, 7) is 0. The Bertz CT molecular complexity index is 417. The molecule has 1 saturated carbocycles. The summed E-state index contributed by atoms with van der Waals surface area (Å²) in [6, 6.07) is 4.41. The highest BCUT2D eigenvalue weighted by Crippen LogP contribution is 2.33. The van der Waals surface area contributed by atoms with Gasteiger partial charge in [0.05, 0.1) is 4.83 Å². The van der Waals surface area contributed by atoms with Gasteiger partial charge in [0.15, 0.2) is 0 Å². The molecule has 1 aromatic rings. The number of ketones is 1. The van der Waals surface area contributed by atoms with E-state index in [-0.39, 0.29) is 22.3 Å². The first-order valence-corrected chi connectivity index (χ1v) is 6.49. The van der Waals surface area contributed by atoms with Crippen LogP contribution in [0.1, 0.15) is 18.4 Å². The maximum absolute atomic E-state index is 13.4. The standard InChI is InChI=1S/C12H11BrClFO/c13-10(12(16)7-1-2-7)6-8-5-9(14)3-4-11(8)15/h3-5,7,10H,1-2,6H2. The Morgan fingerprint density at radius 2 is 2.25 bits per heavy atom. The summed E-state index contributed by atoms with van der Waals surface area (Å²) in [5.41, 5.74) is 0.489. The van der Waals surface area contributed by atoms with Crippen LogP contribution >= 0.6 is 27.5 Å². The molecule has 0 spiro atoms. The molecule has 0 aliphatic heterocycles. The number of hydrogen-bond acceptors (Lipinski definition) is 1. The first kappa shape index (κ1) is 12.1. The number of rotatable bonds is 4. The number of carbonyl (C=O) groups excluding carboxylic acids is 1. The van der Waals surface area contributed by atoms with Crippen molar-refractivity contribution in [2.24, 2.45) is 5.92 Å². The van der Waals surface area contributed by atoms with Gasteiger partial charge in [-0.15, -0.1) is 0 Å². The molecule has 4 heteroatoms. The summed E-state index contributed by atoms with van der Waals surface area (Å²) in [6.07, 6.45) is 2.31. The minimum atomic E-state index is -0.308. The first-order valence-electron chi connectivity index (χ1n) is 5.19. The molecule has 0 radical (unpaired) electrons. The van der Waals surface area contributed by atoms with Gasteiger partial charge >= 0.3 is 0 Å². The number of halogens is 3. The zero-order valence-electron chi connectivity index (χ0n) is 8.55. The van der Waals surface area contributed by atoms with Gasteiger partial charge in [-0.25, -0.2) is 4.39 Å². The summed E-state index contributed by atoms with van der Waals surface area (Å²) in [5, 5.41) is 0.495. The molecule has 1 aliphatic rings. The summed E-state index contributed by atoms with van der Waals surface area (Å²) >= 11 is 9.11. The third kappa shape index (κ3) is 2.83. The lowest BCUT2D eigenvalue weighted by Crippen LogP contribution is -2.18. The normalized spacial score (nSPS) is 17.2. The molecule has 0 saturated heterocycles. The second-order valence-electron chi connectivity index (χ2n) is 4.08. The summed E-state index contributed by atoms with van der Waals surface area (Å²) in [4.78, 5) is 11.4. The van der Waals surface area contributed by atoms with E-state index in [2.05, 4.69) is 15.9 Å². The van der Waals surface area contributed by atoms with E-state index in [0.29, 0.717) is 17.0 Å². The van der Waals surface area contributed by atoms with Crippen LogP contribution in [0.3, 0.4) is 0 Å². The number of carbonyl (C=O) groups is 1. The molecule has 0 N–H and O–H groups in total. The highest BCUT2D eigenvalue weighted by molar-refractivity contribution is 9.10. The average Bonchev–Trinajstić information content (AvgIpc) is 3.06. The van der Waals surface area contributed by atoms with Gasteiger partial charge in [0, 0.05) is 10.9 Å². The van der Waals surface area contributed by atoms with E-state index in [9.17, 15) is 9.18 Å². The van der Waals surface area contributed by atoms with Crippen LogP contribution in [0.2, 0.25) is 5.02 Å². The molecule has 16 heavy (non-hydrogen) atoms. The Morgan fingerprint density at radius 3 is 2.88 bits per heavy atom. The lowest BCUT2D eigenvalue weighted by molar-refractivity contribution is -0.119. The van der Waals surface area contributed by atoms with E-state index in [1.165, 1.54) is 12.1 Å². The summed E-state index contributed by atoms with van der Waals surface area (Å²) < 4.78 is 13.4. The lowest BCUT2D eigenvalue weighted by atomic mass is 10.0. The third-order valence-corrected chi connectivity index (χ3v) is 3.71. The van der Waals surface area contributed by atoms with Crippen molar-refractivity contribution < 1.29 is 9.18 Å². The second-order valence-corrected chi connectivity index (χ2v) is 5.63. The molecule has 1 atom stereocenters. The predicted molar refractivity (Wildman–Crippen MR) is 65.6 cm³/mol. The topological polar surface area (TPSA) is 17.1 Å². The average molecular weight is 306 g/mol. The van der Waals surface area contributed by atoms with Gasteiger partial charge < -0.3 is 0 Å². The molecule has 1 aromatic carbocycles. The third-order valence-electron chi connectivity index (χ3n) is 2.70. The van der Waals surface area contributed by atoms with Crippen LogP contribution in [-0.4, -0.2) is 10.6 Å². The molecular weight excluding hydrogens is 294 g/mol. The van der Waals surface area contributed by atoms with E-state index >= 15 is 0 Å². The zero-order chi connectivity index (χ0) is 11.7. The van der Waals surface area contributed by atoms with Crippen molar-refractivity contribution in [2.45, 2.75) is 24.1 Å². The van der Waals surface area contributed by atoms with E-state index in [1.807, 2.05) is 0 Å². The van der Waals surface area contributed by atoms with Crippen LogP contribution in [0.25, 0.3) is 0 Å². The Labute approximate surface area is 107 Å². The quantitative estimate of drug-likeness (QED) is 0.774. The number of hydrogen-bond donors (Lipinski definition) is 0. The van der Waals surface area contributed by atoms with E-state index in [4.69, 9.17) is 11.6 Å². The predicted octanol–water partition coefficient (Wildman–Crippen LogP) is 3.76. The molecule has 0 amide bonds. The van der Waals surface area contributed by atoms with Crippen molar-refractivity contribution >= 4 is 33.3 Å². The Hall–Kier alpha value is -0.410. The minimum Gasteiger partial charge on any atom is -0.298 e. The van der Waals surface area contributed by atoms with Gasteiger partial charge in [0.1, 0.15) is 11.6 Å². The van der Waals surface area contributed by atoms with Crippen LogP contribution < -0.4 is 0 Å². The maximum atomic E-state index is 13.4. The maximum Gasteiger partial charge on any atom is 0.149 e. The van der Waals surface area contributed by atoms with Crippen molar-refractivity contribution in [1.82, 2.24) is 0 Å². The number of alkyl halides is 1. The molecule has 0 heterocycles. The van der Waals surface area contributed by atoms with Crippen molar-refractivity contribution in [3.05, 3.63) is 34.6 Å². The summed E-state index contributed by atoms with van der Waals surface area (Å²) in [7, 11) is 0. The van der Waals surface area contributed by atoms with Gasteiger partial charge in [0.2, 0.25) is 0 Å². The monoisotopic (exact) mass is 304 g/mol. The highest BCUT2D eigenvalue weighted by atomic mass is 79.9.